The summed E-state index contributed by atoms with van der Waals surface area (Å²) >= 11 is 0. The maximum Gasteiger partial charge on any atom is 0.269 e. The van der Waals surface area contributed by atoms with E-state index < -0.39 is 4.92 Å². The van der Waals surface area contributed by atoms with E-state index in [-0.39, 0.29) is 23.0 Å². The van der Waals surface area contributed by atoms with E-state index in [2.05, 4.69) is 19.9 Å². The summed E-state index contributed by atoms with van der Waals surface area (Å²) in [5.41, 5.74) is 4.50. The summed E-state index contributed by atoms with van der Waals surface area (Å²) in [7, 11) is 3.23. The number of ether oxygens (including phenoxy) is 3. The van der Waals surface area contributed by atoms with Crippen molar-refractivity contribution in [1.29, 1.82) is 0 Å². The highest BCUT2D eigenvalue weighted by atomic mass is 16.6. The van der Waals surface area contributed by atoms with Crippen LogP contribution < -0.4 is 14.2 Å². The Morgan fingerprint density at radius 3 is 2.27 bits per heavy atom. The van der Waals surface area contributed by atoms with Crippen molar-refractivity contribution in [2.45, 2.75) is 45.6 Å². The van der Waals surface area contributed by atoms with Gasteiger partial charge in [-0.1, -0.05) is 32.1 Å². The van der Waals surface area contributed by atoms with Crippen molar-refractivity contribution >= 4 is 30.0 Å². The molecule has 0 saturated heterocycles. The van der Waals surface area contributed by atoms with E-state index in [9.17, 15) is 15.2 Å². The van der Waals surface area contributed by atoms with E-state index >= 15 is 0 Å². The summed E-state index contributed by atoms with van der Waals surface area (Å²) in [6.07, 6.45) is 12.1. The Hall–Kier alpha value is -4.26. The van der Waals surface area contributed by atoms with Crippen LogP contribution in [-0.2, 0) is 6.42 Å². The van der Waals surface area contributed by atoms with Gasteiger partial charge in [0.1, 0.15) is 17.6 Å². The van der Waals surface area contributed by atoms with Crippen molar-refractivity contribution in [2.75, 3.05) is 14.2 Å². The predicted molar refractivity (Wildman–Crippen MR) is 158 cm³/mol. The Morgan fingerprint density at radius 2 is 1.60 bits per heavy atom. The van der Waals surface area contributed by atoms with Gasteiger partial charge in [-0.25, -0.2) is 0 Å². The predicted octanol–water partition coefficient (Wildman–Crippen LogP) is 7.79. The summed E-state index contributed by atoms with van der Waals surface area (Å²) in [5, 5.41) is 21.7. The summed E-state index contributed by atoms with van der Waals surface area (Å²) in [6, 6.07) is 13.9. The molecule has 0 radical (unpaired) electrons. The van der Waals surface area contributed by atoms with Crippen LogP contribution >= 0.6 is 0 Å². The van der Waals surface area contributed by atoms with Crippen LogP contribution in [0.5, 0.6) is 23.0 Å². The Kier molecular flexibility index (Phi) is 7.57. The average molecular weight is 542 g/mol. The van der Waals surface area contributed by atoms with E-state index in [0.29, 0.717) is 17.2 Å². The van der Waals surface area contributed by atoms with Crippen LogP contribution in [0.25, 0.3) is 24.3 Å². The Morgan fingerprint density at radius 1 is 0.950 bits per heavy atom. The largest absolute Gasteiger partial charge is 0.507 e. The van der Waals surface area contributed by atoms with Crippen LogP contribution in [-0.4, -0.2) is 30.4 Å². The monoisotopic (exact) mass is 541 g/mol. The van der Waals surface area contributed by atoms with E-state index in [1.165, 1.54) is 30.5 Å². The van der Waals surface area contributed by atoms with Gasteiger partial charge >= 0.3 is 0 Å². The van der Waals surface area contributed by atoms with Gasteiger partial charge in [0.2, 0.25) is 0 Å². The number of fused-ring (bicyclic) bond motifs is 2. The second kappa shape index (κ2) is 11.1. The van der Waals surface area contributed by atoms with Crippen molar-refractivity contribution < 1.29 is 24.2 Å². The number of non-ortho nitro benzene ring substituents is 1. The summed E-state index contributed by atoms with van der Waals surface area (Å²) in [4.78, 5) is 10.5. The van der Waals surface area contributed by atoms with E-state index in [1.807, 2.05) is 24.3 Å². The van der Waals surface area contributed by atoms with Crippen LogP contribution in [0, 0.1) is 21.4 Å². The smallest absolute Gasteiger partial charge is 0.269 e. The molecule has 5 rings (SSSR count). The number of nitro benzene ring substituents is 1. The molecule has 3 aromatic carbocycles. The van der Waals surface area contributed by atoms with Crippen molar-refractivity contribution in [3.05, 3.63) is 86.5 Å². The van der Waals surface area contributed by atoms with E-state index in [1.54, 1.807) is 44.6 Å². The normalized spacial score (nSPS) is 19.6. The lowest BCUT2D eigenvalue weighted by Crippen LogP contribution is -2.45. The highest BCUT2D eigenvalue weighted by molar-refractivity contribution is 5.79. The maximum absolute atomic E-state index is 10.9. The number of phenols is 1. The molecule has 1 aliphatic carbocycles. The van der Waals surface area contributed by atoms with Gasteiger partial charge in [0.15, 0.2) is 11.5 Å². The number of nitrogens with zero attached hydrogens (tertiary/aromatic N) is 1. The molecule has 0 aromatic heterocycles. The molecule has 0 bridgehead atoms. The standard InChI is InChI=1S/C33H35NO6/c1-33(2)15-5-6-29-27(33)20-24-16-22(19-31(39-4)32(24)40-29)7-8-23-17-28(35)26(30(18-23)38-3)14-11-21-9-12-25(13-10-21)34(36)37/h7-14,16-19,27,29,35H,5-6,15,20H2,1-4H3/b8-7+,14-11+/t27-,29?/m0/s1. The fraction of sp³-hybridized carbons (Fsp3) is 0.333. The summed E-state index contributed by atoms with van der Waals surface area (Å²) in [6.45, 7) is 4.70. The fourth-order valence-electron chi connectivity index (χ4n) is 5.95. The van der Waals surface area contributed by atoms with Gasteiger partial charge in [0.25, 0.3) is 5.69 Å². The van der Waals surface area contributed by atoms with E-state index in [0.717, 1.165) is 41.0 Å². The topological polar surface area (TPSA) is 91.1 Å². The molecule has 7 nitrogen and oxygen atoms in total. The highest BCUT2D eigenvalue weighted by Crippen LogP contribution is 2.50. The zero-order valence-electron chi connectivity index (χ0n) is 23.3. The van der Waals surface area contributed by atoms with Gasteiger partial charge in [-0.15, -0.1) is 0 Å². The van der Waals surface area contributed by atoms with Gasteiger partial charge in [0, 0.05) is 18.1 Å². The molecule has 1 aliphatic heterocycles. The molecule has 2 atom stereocenters. The molecular weight excluding hydrogens is 506 g/mol. The quantitative estimate of drug-likeness (QED) is 0.187. The number of methoxy groups -OCH3 is 2. The van der Waals surface area contributed by atoms with Crippen LogP contribution in [0.3, 0.4) is 0 Å². The van der Waals surface area contributed by atoms with Crippen LogP contribution in [0.1, 0.15) is 60.9 Å². The van der Waals surface area contributed by atoms with Gasteiger partial charge < -0.3 is 19.3 Å². The number of rotatable bonds is 7. The molecule has 0 spiro atoms. The first-order valence-corrected chi connectivity index (χ1v) is 13.6. The Labute approximate surface area is 234 Å². The molecule has 208 valence electrons. The molecule has 1 heterocycles. The zero-order valence-corrected chi connectivity index (χ0v) is 23.3. The molecular formula is C33H35NO6. The summed E-state index contributed by atoms with van der Waals surface area (Å²) < 4.78 is 17.8. The number of hydrogen-bond donors (Lipinski definition) is 1. The third kappa shape index (κ3) is 5.55. The number of hydrogen-bond acceptors (Lipinski definition) is 6. The van der Waals surface area contributed by atoms with Crippen molar-refractivity contribution in [2.24, 2.45) is 11.3 Å². The summed E-state index contributed by atoms with van der Waals surface area (Å²) in [5.74, 6) is 2.66. The third-order valence-corrected chi connectivity index (χ3v) is 8.22. The molecule has 1 N–H and O–H groups in total. The SMILES string of the molecule is COc1cc(/C=C/c2cc3c(c(OC)c2)OC2CCCC(C)(C)[C@H]2C3)cc(O)c1/C=C/c1ccc([N+](=O)[O-])cc1. The molecule has 7 heteroatoms. The van der Waals surface area contributed by atoms with Gasteiger partial charge in [-0.3, -0.25) is 10.1 Å². The molecule has 3 aromatic rings. The minimum atomic E-state index is -0.435. The van der Waals surface area contributed by atoms with Crippen LogP contribution in [0.4, 0.5) is 5.69 Å². The number of aromatic hydroxyl groups is 1. The number of nitro groups is 1. The first kappa shape index (κ1) is 27.3. The minimum Gasteiger partial charge on any atom is -0.507 e. The molecule has 1 saturated carbocycles. The zero-order chi connectivity index (χ0) is 28.4. The second-order valence-corrected chi connectivity index (χ2v) is 11.2. The number of phenolic OH excluding ortho intramolecular Hbond substituents is 1. The lowest BCUT2D eigenvalue weighted by molar-refractivity contribution is -0.384. The minimum absolute atomic E-state index is 0.0276. The maximum atomic E-state index is 10.9. The van der Waals surface area contributed by atoms with Crippen LogP contribution in [0.2, 0.25) is 0 Å². The van der Waals surface area contributed by atoms with Crippen molar-refractivity contribution in [1.82, 2.24) is 0 Å². The first-order valence-electron chi connectivity index (χ1n) is 13.6. The molecule has 2 aliphatic rings. The average Bonchev–Trinajstić information content (AvgIpc) is 2.94. The van der Waals surface area contributed by atoms with Crippen LogP contribution in [0.15, 0.2) is 48.5 Å². The fourth-order valence-corrected chi connectivity index (χ4v) is 5.95. The van der Waals surface area contributed by atoms with E-state index in [4.69, 9.17) is 14.2 Å². The second-order valence-electron chi connectivity index (χ2n) is 11.2. The highest BCUT2D eigenvalue weighted by Gasteiger charge is 2.43. The Bertz CT molecular complexity index is 1470. The van der Waals surface area contributed by atoms with Gasteiger partial charge in [0.05, 0.1) is 24.7 Å². The number of benzene rings is 3. The first-order chi connectivity index (χ1) is 19.2. The molecule has 1 unspecified atom stereocenters. The van der Waals surface area contributed by atoms with Gasteiger partial charge in [-0.2, -0.15) is 0 Å². The van der Waals surface area contributed by atoms with Gasteiger partial charge in [-0.05, 0) is 95.8 Å². The van der Waals surface area contributed by atoms with Crippen molar-refractivity contribution in [3.8, 4) is 23.0 Å². The lowest BCUT2D eigenvalue weighted by atomic mass is 9.64. The lowest BCUT2D eigenvalue weighted by Gasteiger charge is -2.47. The molecule has 40 heavy (non-hydrogen) atoms. The third-order valence-electron chi connectivity index (χ3n) is 8.22. The Balaban J connectivity index is 1.39. The molecule has 1 fully saturated rings. The van der Waals surface area contributed by atoms with Crippen molar-refractivity contribution in [3.63, 3.8) is 0 Å². The molecule has 0 amide bonds.